The summed E-state index contributed by atoms with van der Waals surface area (Å²) in [5.74, 6) is 0.417. The maximum Gasteiger partial charge on any atom is 0.303 e. The lowest BCUT2D eigenvalue weighted by molar-refractivity contribution is -0.137. The van der Waals surface area contributed by atoms with E-state index in [1.807, 2.05) is 26.0 Å². The van der Waals surface area contributed by atoms with Gasteiger partial charge in [-0.1, -0.05) is 54.0 Å². The normalized spacial score (nSPS) is 14.6. The molecule has 1 aliphatic rings. The SMILES string of the molecule is CC(C)CC(=O)O.CN1Sc2cc(SCCNC(=O)CBr)ccc2C(N)c2ccccc21. The van der Waals surface area contributed by atoms with Crippen LogP contribution >= 0.6 is 39.6 Å². The van der Waals surface area contributed by atoms with Crippen LogP contribution in [0.15, 0.2) is 52.3 Å². The maximum absolute atomic E-state index is 11.2. The van der Waals surface area contributed by atoms with Gasteiger partial charge < -0.3 is 20.5 Å². The van der Waals surface area contributed by atoms with E-state index in [4.69, 9.17) is 10.8 Å². The Kier molecular flexibility index (Phi) is 10.9. The molecule has 9 heteroatoms. The van der Waals surface area contributed by atoms with Crippen LogP contribution in [-0.4, -0.2) is 41.7 Å². The molecule has 0 radical (unpaired) electrons. The van der Waals surface area contributed by atoms with Crippen LogP contribution in [-0.2, 0) is 9.59 Å². The van der Waals surface area contributed by atoms with Gasteiger partial charge in [0, 0.05) is 35.6 Å². The Morgan fingerprint density at radius 2 is 1.97 bits per heavy atom. The summed E-state index contributed by atoms with van der Waals surface area (Å²) < 4.78 is 2.17. The number of anilines is 1. The number of thioether (sulfide) groups is 1. The van der Waals surface area contributed by atoms with Crippen molar-refractivity contribution in [2.45, 2.75) is 36.1 Å². The first-order chi connectivity index (χ1) is 15.2. The Hall–Kier alpha value is -1.68. The lowest BCUT2D eigenvalue weighted by Crippen LogP contribution is -2.26. The van der Waals surface area contributed by atoms with E-state index in [9.17, 15) is 9.59 Å². The van der Waals surface area contributed by atoms with Gasteiger partial charge in [-0.2, -0.15) is 0 Å². The smallest absolute Gasteiger partial charge is 0.303 e. The Morgan fingerprint density at radius 3 is 2.59 bits per heavy atom. The van der Waals surface area contributed by atoms with E-state index in [0.717, 1.165) is 22.6 Å². The highest BCUT2D eigenvalue weighted by Crippen LogP contribution is 2.42. The predicted molar refractivity (Wildman–Crippen MR) is 138 cm³/mol. The number of carboxylic acid groups (broad SMARTS) is 1. The van der Waals surface area contributed by atoms with Crippen molar-refractivity contribution in [1.29, 1.82) is 0 Å². The number of carbonyl (C=O) groups excluding carboxylic acids is 1. The average Bonchev–Trinajstić information content (AvgIpc) is 2.85. The van der Waals surface area contributed by atoms with Crippen LogP contribution in [0.2, 0.25) is 0 Å². The van der Waals surface area contributed by atoms with Crippen LogP contribution in [0.4, 0.5) is 5.69 Å². The molecule has 0 saturated heterocycles. The van der Waals surface area contributed by atoms with Crippen molar-refractivity contribution >= 4 is 57.2 Å². The molecule has 0 fully saturated rings. The molecule has 4 N–H and O–H groups in total. The number of fused-ring (bicyclic) bond motifs is 2. The van der Waals surface area contributed by atoms with Crippen molar-refractivity contribution in [3.63, 3.8) is 0 Å². The molecule has 1 atom stereocenters. The molecule has 1 amide bonds. The van der Waals surface area contributed by atoms with Crippen molar-refractivity contribution in [1.82, 2.24) is 5.32 Å². The number of hydrogen-bond acceptors (Lipinski definition) is 6. The lowest BCUT2D eigenvalue weighted by Gasteiger charge is -2.18. The van der Waals surface area contributed by atoms with Gasteiger partial charge >= 0.3 is 5.97 Å². The van der Waals surface area contributed by atoms with E-state index in [1.54, 1.807) is 23.7 Å². The van der Waals surface area contributed by atoms with Gasteiger partial charge in [-0.15, -0.1) is 11.8 Å². The molecule has 32 heavy (non-hydrogen) atoms. The van der Waals surface area contributed by atoms with Crippen LogP contribution in [0, 0.1) is 5.92 Å². The molecule has 174 valence electrons. The van der Waals surface area contributed by atoms with Gasteiger partial charge in [0.25, 0.3) is 0 Å². The first kappa shape index (κ1) is 26.6. The molecular weight excluding hydrogens is 510 g/mol. The number of nitrogens with one attached hydrogen (secondary N) is 1. The third-order valence-corrected chi connectivity index (χ3v) is 7.09. The van der Waals surface area contributed by atoms with E-state index in [2.05, 4.69) is 62.9 Å². The van der Waals surface area contributed by atoms with Gasteiger partial charge in [-0.05, 0) is 47.2 Å². The monoisotopic (exact) mass is 539 g/mol. The second-order valence-electron chi connectivity index (χ2n) is 7.65. The topological polar surface area (TPSA) is 95.7 Å². The van der Waals surface area contributed by atoms with Crippen molar-refractivity contribution in [2.75, 3.05) is 29.0 Å². The number of hydrogen-bond donors (Lipinski definition) is 3. The van der Waals surface area contributed by atoms with E-state index in [0.29, 0.717) is 11.9 Å². The second kappa shape index (κ2) is 13.1. The van der Waals surface area contributed by atoms with Gasteiger partial charge in [0.05, 0.1) is 17.1 Å². The summed E-state index contributed by atoms with van der Waals surface area (Å²) in [7, 11) is 2.07. The summed E-state index contributed by atoms with van der Waals surface area (Å²) in [6.07, 6.45) is 0.278. The van der Waals surface area contributed by atoms with Crippen LogP contribution < -0.4 is 15.4 Å². The summed E-state index contributed by atoms with van der Waals surface area (Å²) in [4.78, 5) is 23.4. The Labute approximate surface area is 207 Å². The minimum absolute atomic E-state index is 0.0171. The minimum Gasteiger partial charge on any atom is -0.481 e. The summed E-state index contributed by atoms with van der Waals surface area (Å²) >= 11 is 6.59. The maximum atomic E-state index is 11.2. The molecule has 0 bridgehead atoms. The first-order valence-corrected chi connectivity index (χ1v) is 13.2. The van der Waals surface area contributed by atoms with Gasteiger partial charge in [-0.25, -0.2) is 0 Å². The van der Waals surface area contributed by atoms with Crippen LogP contribution in [0.1, 0.15) is 37.4 Å². The highest BCUT2D eigenvalue weighted by molar-refractivity contribution is 9.09. The Morgan fingerprint density at radius 1 is 1.25 bits per heavy atom. The van der Waals surface area contributed by atoms with Crippen molar-refractivity contribution in [2.24, 2.45) is 11.7 Å². The highest BCUT2D eigenvalue weighted by atomic mass is 79.9. The molecule has 1 aliphatic heterocycles. The summed E-state index contributed by atoms with van der Waals surface area (Å²) in [5.41, 5.74) is 10.00. The van der Waals surface area contributed by atoms with Crippen molar-refractivity contribution in [3.05, 3.63) is 53.6 Å². The standard InChI is InChI=1S/C18H20BrN3OS2.C5H10O2/c1-22-15-5-3-2-4-13(15)18(20)14-7-6-12(10-16(14)25-22)24-9-8-21-17(23)11-19;1-4(2)3-5(6)7/h2-7,10,18H,8-9,11,20H2,1H3,(H,21,23);4H,3H2,1-2H3,(H,6,7). The molecule has 0 spiro atoms. The zero-order valence-corrected chi connectivity index (χ0v) is 21.7. The van der Waals surface area contributed by atoms with Crippen LogP contribution in [0.3, 0.4) is 0 Å². The number of nitrogens with zero attached hydrogens (tertiary/aromatic N) is 1. The molecule has 2 aromatic rings. The summed E-state index contributed by atoms with van der Waals surface area (Å²) in [5, 5.41) is 11.3. The van der Waals surface area contributed by atoms with E-state index in [-0.39, 0.29) is 24.3 Å². The predicted octanol–water partition coefficient (Wildman–Crippen LogP) is 4.91. The molecule has 0 saturated carbocycles. The van der Waals surface area contributed by atoms with Gasteiger partial charge in [0.1, 0.15) is 0 Å². The number of alkyl halides is 1. The quantitative estimate of drug-likeness (QED) is 0.199. The molecule has 1 heterocycles. The molecule has 2 aromatic carbocycles. The van der Waals surface area contributed by atoms with E-state index < -0.39 is 5.97 Å². The largest absolute Gasteiger partial charge is 0.481 e. The molecular formula is C23H30BrN3O3S2. The number of halogens is 1. The number of carbonyl (C=O) groups is 2. The zero-order chi connectivity index (χ0) is 23.7. The molecule has 1 unspecified atom stereocenters. The average molecular weight is 541 g/mol. The fourth-order valence-electron chi connectivity index (χ4n) is 3.10. The fraction of sp³-hybridized carbons (Fsp3) is 0.391. The number of nitrogens with two attached hydrogens (primary N) is 1. The number of rotatable bonds is 7. The molecule has 3 rings (SSSR count). The van der Waals surface area contributed by atoms with Gasteiger partial charge in [0.2, 0.25) is 5.91 Å². The van der Waals surface area contributed by atoms with Gasteiger partial charge in [-0.3, -0.25) is 9.59 Å². The lowest BCUT2D eigenvalue weighted by atomic mass is 9.98. The summed E-state index contributed by atoms with van der Waals surface area (Å²) in [6, 6.07) is 14.6. The molecule has 6 nitrogen and oxygen atoms in total. The van der Waals surface area contributed by atoms with E-state index >= 15 is 0 Å². The Balaban J connectivity index is 0.000000451. The van der Waals surface area contributed by atoms with Crippen LogP contribution in [0.25, 0.3) is 0 Å². The number of benzene rings is 2. The number of para-hydroxylation sites is 1. The molecule has 0 aliphatic carbocycles. The van der Waals surface area contributed by atoms with Crippen LogP contribution in [0.5, 0.6) is 0 Å². The zero-order valence-electron chi connectivity index (χ0n) is 18.5. The number of aliphatic carboxylic acids is 1. The highest BCUT2D eigenvalue weighted by Gasteiger charge is 2.23. The molecule has 0 aromatic heterocycles. The number of amides is 1. The Bertz CT molecular complexity index is 927. The van der Waals surface area contributed by atoms with Crippen molar-refractivity contribution < 1.29 is 14.7 Å². The number of carboxylic acids is 1. The second-order valence-corrected chi connectivity index (χ2v) is 10.5. The minimum atomic E-state index is -0.713. The van der Waals surface area contributed by atoms with E-state index in [1.165, 1.54) is 9.79 Å². The fourth-order valence-corrected chi connectivity index (χ4v) is 5.22. The van der Waals surface area contributed by atoms with Gasteiger partial charge in [0.15, 0.2) is 0 Å². The summed E-state index contributed by atoms with van der Waals surface area (Å²) in [6.45, 7) is 4.42. The van der Waals surface area contributed by atoms with Crippen molar-refractivity contribution in [3.8, 4) is 0 Å². The third kappa shape index (κ3) is 8.03. The third-order valence-electron chi connectivity index (χ3n) is 4.56. The first-order valence-electron chi connectivity index (χ1n) is 10.3.